The number of esters is 1. The highest BCUT2D eigenvalue weighted by molar-refractivity contribution is 5.82. The summed E-state index contributed by atoms with van der Waals surface area (Å²) in [4.78, 5) is 15.9. The van der Waals surface area contributed by atoms with Gasteiger partial charge in [0, 0.05) is 37.7 Å². The number of rotatable bonds is 7. The van der Waals surface area contributed by atoms with Crippen LogP contribution in [-0.4, -0.2) is 45.6 Å². The van der Waals surface area contributed by atoms with Crippen molar-refractivity contribution in [2.24, 2.45) is 12.5 Å². The zero-order valence-electron chi connectivity index (χ0n) is 25.7. The van der Waals surface area contributed by atoms with Gasteiger partial charge in [0.15, 0.2) is 0 Å². The summed E-state index contributed by atoms with van der Waals surface area (Å²) in [7, 11) is 3.38. The minimum Gasteiger partial charge on any atom is -0.489 e. The molecular weight excluding hydrogens is 524 g/mol. The molecule has 0 saturated heterocycles. The van der Waals surface area contributed by atoms with Crippen LogP contribution in [0.15, 0.2) is 54.6 Å². The maximum Gasteiger partial charge on any atom is 0.312 e. The molecule has 0 fully saturated rings. The van der Waals surface area contributed by atoms with E-state index in [2.05, 4.69) is 83.7 Å². The molecule has 4 aromatic rings. The molecule has 1 aliphatic carbocycles. The van der Waals surface area contributed by atoms with Gasteiger partial charge in [-0.05, 0) is 80.0 Å². The molecule has 2 aliphatic rings. The molecular formula is C35H42N4O3. The highest BCUT2D eigenvalue weighted by Gasteiger charge is 2.42. The number of hydrogen-bond donors (Lipinski definition) is 0. The minimum atomic E-state index is -0.806. The Labute approximate surface area is 248 Å². The normalized spacial score (nSPS) is 19.6. The van der Waals surface area contributed by atoms with Crippen molar-refractivity contribution in [2.75, 3.05) is 13.7 Å². The van der Waals surface area contributed by atoms with Crippen LogP contribution in [0.3, 0.4) is 0 Å². The quantitative estimate of drug-likeness (QED) is 0.233. The zero-order valence-corrected chi connectivity index (χ0v) is 25.7. The second kappa shape index (κ2) is 11.2. The van der Waals surface area contributed by atoms with Crippen LogP contribution in [0.5, 0.6) is 5.75 Å². The molecule has 0 radical (unpaired) electrons. The second-order valence-corrected chi connectivity index (χ2v) is 12.6. The molecule has 7 nitrogen and oxygen atoms in total. The number of carbonyl (C=O) groups is 1. The first-order valence-corrected chi connectivity index (χ1v) is 15.2. The minimum absolute atomic E-state index is 0.165. The standard InChI is InChI=1S/C35H42N4O3/c1-7-10-26-21-39(20-25-11-8-9-12-31(25)42-26)29-17-15-23-13-14-24(19-28(23)29)32(35(3,4)34(40)41-6)27-16-18-30-33(22(27)2)36-37-38(30)5/h8-9,11-14,16,18-19,26,29,32H,7,10,15,17,20-21H2,1-6H3/t26-,29?,32?/m1/s1. The first kappa shape index (κ1) is 28.4. The molecule has 0 spiro atoms. The average molecular weight is 567 g/mol. The fourth-order valence-electron chi connectivity index (χ4n) is 7.31. The molecule has 1 aliphatic heterocycles. The van der Waals surface area contributed by atoms with Crippen LogP contribution in [0.1, 0.15) is 85.4 Å². The van der Waals surface area contributed by atoms with Gasteiger partial charge in [0.1, 0.15) is 17.4 Å². The van der Waals surface area contributed by atoms with Gasteiger partial charge in [-0.3, -0.25) is 9.69 Å². The number of carbonyl (C=O) groups excluding carboxylic acids is 1. The van der Waals surface area contributed by atoms with Gasteiger partial charge in [0.05, 0.1) is 18.0 Å². The molecule has 2 unspecified atom stereocenters. The lowest BCUT2D eigenvalue weighted by molar-refractivity contribution is -0.151. The van der Waals surface area contributed by atoms with Crippen molar-refractivity contribution in [3.63, 3.8) is 0 Å². The maximum absolute atomic E-state index is 13.3. The summed E-state index contributed by atoms with van der Waals surface area (Å²) >= 11 is 0. The first-order valence-electron chi connectivity index (χ1n) is 15.2. The summed E-state index contributed by atoms with van der Waals surface area (Å²) in [6, 6.07) is 19.9. The molecule has 0 amide bonds. The van der Waals surface area contributed by atoms with E-state index in [-0.39, 0.29) is 18.0 Å². The number of nitrogens with zero attached hydrogens (tertiary/aromatic N) is 4. The zero-order chi connectivity index (χ0) is 29.6. The van der Waals surface area contributed by atoms with Crippen molar-refractivity contribution in [2.45, 2.75) is 78.0 Å². The number of methoxy groups -OCH3 is 1. The van der Waals surface area contributed by atoms with E-state index in [0.29, 0.717) is 6.04 Å². The largest absolute Gasteiger partial charge is 0.489 e. The Morgan fingerprint density at radius 2 is 1.95 bits per heavy atom. The van der Waals surface area contributed by atoms with Gasteiger partial charge in [-0.2, -0.15) is 0 Å². The predicted octanol–water partition coefficient (Wildman–Crippen LogP) is 6.66. The topological polar surface area (TPSA) is 69.5 Å². The van der Waals surface area contributed by atoms with E-state index in [1.165, 1.54) is 23.8 Å². The number of para-hydroxylation sites is 1. The number of benzene rings is 3. The van der Waals surface area contributed by atoms with Crippen LogP contribution in [0, 0.1) is 12.3 Å². The molecule has 0 saturated carbocycles. The Kier molecular flexibility index (Phi) is 7.56. The molecule has 1 aromatic heterocycles. The van der Waals surface area contributed by atoms with Crippen LogP contribution in [0.25, 0.3) is 11.0 Å². The monoisotopic (exact) mass is 566 g/mol. The van der Waals surface area contributed by atoms with Gasteiger partial charge in [-0.1, -0.05) is 61.0 Å². The predicted molar refractivity (Wildman–Crippen MR) is 165 cm³/mol. The van der Waals surface area contributed by atoms with E-state index in [0.717, 1.165) is 72.2 Å². The Balaban J connectivity index is 1.44. The second-order valence-electron chi connectivity index (χ2n) is 12.6. The van der Waals surface area contributed by atoms with Crippen molar-refractivity contribution in [1.82, 2.24) is 19.9 Å². The third-order valence-electron chi connectivity index (χ3n) is 9.50. The van der Waals surface area contributed by atoms with E-state index in [1.54, 1.807) is 4.68 Å². The number of fused-ring (bicyclic) bond motifs is 3. The summed E-state index contributed by atoms with van der Waals surface area (Å²) in [6.45, 7) is 10.1. The van der Waals surface area contributed by atoms with Crippen molar-refractivity contribution < 1.29 is 14.3 Å². The summed E-state index contributed by atoms with van der Waals surface area (Å²) in [5.41, 5.74) is 8.29. The third-order valence-corrected chi connectivity index (χ3v) is 9.50. The van der Waals surface area contributed by atoms with Gasteiger partial charge in [0.25, 0.3) is 0 Å². The molecule has 6 rings (SSSR count). The van der Waals surface area contributed by atoms with Crippen molar-refractivity contribution in [3.05, 3.63) is 88.0 Å². The lowest BCUT2D eigenvalue weighted by Crippen LogP contribution is -2.35. The summed E-state index contributed by atoms with van der Waals surface area (Å²) in [6.07, 6.45) is 4.41. The fourth-order valence-corrected chi connectivity index (χ4v) is 7.31. The fraction of sp³-hybridized carbons (Fsp3) is 0.457. The Bertz CT molecular complexity index is 1620. The highest BCUT2D eigenvalue weighted by atomic mass is 16.5. The van der Waals surface area contributed by atoms with Crippen LogP contribution in [0.2, 0.25) is 0 Å². The summed E-state index contributed by atoms with van der Waals surface area (Å²) < 4.78 is 13.7. The van der Waals surface area contributed by atoms with Crippen molar-refractivity contribution in [1.29, 1.82) is 0 Å². The van der Waals surface area contributed by atoms with Crippen molar-refractivity contribution >= 4 is 17.0 Å². The number of aromatic nitrogens is 3. The van der Waals surface area contributed by atoms with E-state index in [4.69, 9.17) is 9.47 Å². The van der Waals surface area contributed by atoms with Crippen LogP contribution < -0.4 is 4.74 Å². The summed E-state index contributed by atoms with van der Waals surface area (Å²) in [5.74, 6) is 0.566. The van der Waals surface area contributed by atoms with Crippen LogP contribution in [-0.2, 0) is 29.5 Å². The van der Waals surface area contributed by atoms with Gasteiger partial charge < -0.3 is 9.47 Å². The van der Waals surface area contributed by atoms with Gasteiger partial charge in [0.2, 0.25) is 0 Å². The molecule has 0 bridgehead atoms. The molecule has 0 N–H and O–H groups in total. The van der Waals surface area contributed by atoms with Crippen LogP contribution >= 0.6 is 0 Å². The number of ether oxygens (including phenoxy) is 2. The Morgan fingerprint density at radius 1 is 1.14 bits per heavy atom. The molecule has 220 valence electrons. The molecule has 2 heterocycles. The molecule has 7 heteroatoms. The van der Waals surface area contributed by atoms with E-state index >= 15 is 0 Å². The van der Waals surface area contributed by atoms with Crippen molar-refractivity contribution in [3.8, 4) is 5.75 Å². The third kappa shape index (κ3) is 4.87. The molecule has 3 aromatic carbocycles. The summed E-state index contributed by atoms with van der Waals surface area (Å²) in [5, 5.41) is 8.71. The van der Waals surface area contributed by atoms with Crippen LogP contribution in [0.4, 0.5) is 0 Å². The molecule has 42 heavy (non-hydrogen) atoms. The Hall–Kier alpha value is -3.71. The number of aryl methyl sites for hydroxylation is 3. The smallest absolute Gasteiger partial charge is 0.312 e. The van der Waals surface area contributed by atoms with Gasteiger partial charge in [-0.15, -0.1) is 5.10 Å². The van der Waals surface area contributed by atoms with E-state index in [9.17, 15) is 4.79 Å². The average Bonchev–Trinajstić information content (AvgIpc) is 3.52. The lowest BCUT2D eigenvalue weighted by Gasteiger charge is -2.35. The maximum atomic E-state index is 13.3. The Morgan fingerprint density at radius 3 is 2.74 bits per heavy atom. The van der Waals surface area contributed by atoms with Gasteiger partial charge >= 0.3 is 5.97 Å². The molecule has 3 atom stereocenters. The lowest BCUT2D eigenvalue weighted by atomic mass is 9.69. The highest BCUT2D eigenvalue weighted by Crippen LogP contribution is 2.47. The SMILES string of the molecule is CCC[C@@H]1CN(C2CCc3ccc(C(c4ccc5c(nnn5C)c4C)C(C)(C)C(=O)OC)cc32)Cc2ccccc2O1. The van der Waals surface area contributed by atoms with E-state index in [1.807, 2.05) is 20.9 Å². The van der Waals surface area contributed by atoms with E-state index < -0.39 is 5.41 Å². The number of hydrogen-bond acceptors (Lipinski definition) is 6. The first-order chi connectivity index (χ1) is 20.2. The van der Waals surface area contributed by atoms with Gasteiger partial charge in [-0.25, -0.2) is 4.68 Å².